The van der Waals surface area contributed by atoms with Gasteiger partial charge in [0, 0.05) is 0 Å². The molecule has 0 unspecified atom stereocenters. The second-order valence-electron chi connectivity index (χ2n) is 6.26. The van der Waals surface area contributed by atoms with Gasteiger partial charge in [0.1, 0.15) is 0 Å². The SMILES string of the molecule is C1=CC(C2CCCCC2)=C(C2CCCCC2)C1. The standard InChI is InChI=1S/C17H26/c1-3-8-14(9-4-1)16-12-7-13-17(16)15-10-5-2-6-11-15/h7,12,14-15H,1-6,8-11,13H2. The molecule has 0 aliphatic heterocycles. The summed E-state index contributed by atoms with van der Waals surface area (Å²) in [5, 5.41) is 0. The van der Waals surface area contributed by atoms with Crippen LogP contribution in [0.25, 0.3) is 0 Å². The van der Waals surface area contributed by atoms with Crippen molar-refractivity contribution in [2.24, 2.45) is 11.8 Å². The van der Waals surface area contributed by atoms with Crippen LogP contribution in [0.3, 0.4) is 0 Å². The molecule has 2 saturated carbocycles. The predicted octanol–water partition coefficient (Wildman–Crippen LogP) is 5.40. The lowest BCUT2D eigenvalue weighted by Gasteiger charge is -2.29. The highest BCUT2D eigenvalue weighted by Gasteiger charge is 2.26. The van der Waals surface area contributed by atoms with Crippen molar-refractivity contribution in [2.45, 2.75) is 70.6 Å². The minimum atomic E-state index is 0.930. The molecule has 0 aromatic carbocycles. The van der Waals surface area contributed by atoms with Crippen molar-refractivity contribution in [2.75, 3.05) is 0 Å². The van der Waals surface area contributed by atoms with Crippen molar-refractivity contribution in [1.82, 2.24) is 0 Å². The van der Waals surface area contributed by atoms with Gasteiger partial charge in [0.15, 0.2) is 0 Å². The Labute approximate surface area is 106 Å². The smallest absolute Gasteiger partial charge is 0.0127 e. The summed E-state index contributed by atoms with van der Waals surface area (Å²) in [5.41, 5.74) is 3.65. The molecule has 3 aliphatic carbocycles. The van der Waals surface area contributed by atoms with Gasteiger partial charge in [-0.15, -0.1) is 0 Å². The summed E-state index contributed by atoms with van der Waals surface area (Å²) in [6.45, 7) is 0. The maximum atomic E-state index is 2.49. The molecule has 0 aromatic rings. The van der Waals surface area contributed by atoms with Gasteiger partial charge in [-0.2, -0.15) is 0 Å². The third-order valence-corrected chi connectivity index (χ3v) is 5.15. The molecular formula is C17H26. The quantitative estimate of drug-likeness (QED) is 0.595. The van der Waals surface area contributed by atoms with E-state index in [2.05, 4.69) is 12.2 Å². The molecule has 0 radical (unpaired) electrons. The van der Waals surface area contributed by atoms with Crippen LogP contribution in [0.4, 0.5) is 0 Å². The molecule has 0 atom stereocenters. The van der Waals surface area contributed by atoms with Crippen molar-refractivity contribution in [3.05, 3.63) is 23.3 Å². The van der Waals surface area contributed by atoms with Crippen LogP contribution in [0.2, 0.25) is 0 Å². The molecule has 0 bridgehead atoms. The van der Waals surface area contributed by atoms with Crippen molar-refractivity contribution in [3.63, 3.8) is 0 Å². The van der Waals surface area contributed by atoms with Gasteiger partial charge in [0.05, 0.1) is 0 Å². The number of allylic oxidation sites excluding steroid dienone is 4. The van der Waals surface area contributed by atoms with Gasteiger partial charge in [-0.1, -0.05) is 56.3 Å². The Morgan fingerprint density at radius 1 is 0.706 bits per heavy atom. The molecule has 0 heteroatoms. The first-order chi connectivity index (χ1) is 8.45. The van der Waals surface area contributed by atoms with Crippen LogP contribution in [0.1, 0.15) is 70.6 Å². The van der Waals surface area contributed by atoms with Crippen LogP contribution in [0.15, 0.2) is 23.3 Å². The highest BCUT2D eigenvalue weighted by Crippen LogP contribution is 2.41. The average molecular weight is 230 g/mol. The van der Waals surface area contributed by atoms with E-state index in [9.17, 15) is 0 Å². The normalized spacial score (nSPS) is 28.0. The van der Waals surface area contributed by atoms with Gasteiger partial charge in [0.25, 0.3) is 0 Å². The minimum absolute atomic E-state index is 0.930. The zero-order chi connectivity index (χ0) is 11.5. The fourth-order valence-corrected chi connectivity index (χ4v) is 4.20. The summed E-state index contributed by atoms with van der Waals surface area (Å²) >= 11 is 0. The average Bonchev–Trinajstić information content (AvgIpc) is 2.90. The van der Waals surface area contributed by atoms with Crippen molar-refractivity contribution in [3.8, 4) is 0 Å². The van der Waals surface area contributed by atoms with Crippen molar-refractivity contribution in [1.29, 1.82) is 0 Å². The molecule has 3 aliphatic rings. The maximum Gasteiger partial charge on any atom is -0.0127 e. The molecule has 2 fully saturated rings. The van der Waals surface area contributed by atoms with Gasteiger partial charge in [0.2, 0.25) is 0 Å². The Kier molecular flexibility index (Phi) is 3.68. The Morgan fingerprint density at radius 2 is 1.29 bits per heavy atom. The van der Waals surface area contributed by atoms with Gasteiger partial charge in [-0.05, 0) is 49.5 Å². The van der Waals surface area contributed by atoms with E-state index in [-0.39, 0.29) is 0 Å². The third kappa shape index (κ3) is 2.51. The molecule has 0 spiro atoms. The van der Waals surface area contributed by atoms with Gasteiger partial charge < -0.3 is 0 Å². The zero-order valence-corrected chi connectivity index (χ0v) is 11.1. The van der Waals surface area contributed by atoms with Crippen LogP contribution < -0.4 is 0 Å². The van der Waals surface area contributed by atoms with Crippen LogP contribution in [0, 0.1) is 11.8 Å². The van der Waals surface area contributed by atoms with Crippen molar-refractivity contribution < 1.29 is 0 Å². The molecule has 0 heterocycles. The number of rotatable bonds is 2. The largest absolute Gasteiger partial charge is 0.0802 e. The maximum absolute atomic E-state index is 2.49. The van der Waals surface area contributed by atoms with Gasteiger partial charge in [-0.3, -0.25) is 0 Å². The number of hydrogen-bond donors (Lipinski definition) is 0. The number of hydrogen-bond acceptors (Lipinski definition) is 0. The molecule has 0 saturated heterocycles. The van der Waals surface area contributed by atoms with E-state index in [1.165, 1.54) is 70.6 Å². The van der Waals surface area contributed by atoms with Crippen molar-refractivity contribution >= 4 is 0 Å². The lowest BCUT2D eigenvalue weighted by molar-refractivity contribution is 0.378. The van der Waals surface area contributed by atoms with Crippen LogP contribution in [-0.4, -0.2) is 0 Å². The first-order valence-corrected chi connectivity index (χ1v) is 7.84. The Hall–Kier alpha value is -0.520. The summed E-state index contributed by atoms with van der Waals surface area (Å²) in [6.07, 6.45) is 21.0. The summed E-state index contributed by atoms with van der Waals surface area (Å²) in [5.74, 6) is 1.88. The molecule has 0 N–H and O–H groups in total. The van der Waals surface area contributed by atoms with E-state index in [1.54, 1.807) is 5.57 Å². The molecular weight excluding hydrogens is 204 g/mol. The predicted molar refractivity (Wildman–Crippen MR) is 73.9 cm³/mol. The monoisotopic (exact) mass is 230 g/mol. The Morgan fingerprint density at radius 3 is 1.94 bits per heavy atom. The molecule has 17 heavy (non-hydrogen) atoms. The first kappa shape index (κ1) is 11.6. The van der Waals surface area contributed by atoms with Crippen LogP contribution >= 0.6 is 0 Å². The topological polar surface area (TPSA) is 0 Å². The summed E-state index contributed by atoms with van der Waals surface area (Å²) in [4.78, 5) is 0. The molecule has 0 nitrogen and oxygen atoms in total. The van der Waals surface area contributed by atoms with Gasteiger partial charge >= 0.3 is 0 Å². The highest BCUT2D eigenvalue weighted by atomic mass is 14.3. The van der Waals surface area contributed by atoms with E-state index in [0.717, 1.165) is 11.8 Å². The van der Waals surface area contributed by atoms with Crippen LogP contribution in [0.5, 0.6) is 0 Å². The Balaban J connectivity index is 1.75. The Bertz CT molecular complexity index is 309. The molecule has 0 amide bonds. The second kappa shape index (κ2) is 5.42. The summed E-state index contributed by atoms with van der Waals surface area (Å²) < 4.78 is 0. The fraction of sp³-hybridized carbons (Fsp3) is 0.765. The minimum Gasteiger partial charge on any atom is -0.0802 e. The fourth-order valence-electron chi connectivity index (χ4n) is 4.20. The lowest BCUT2D eigenvalue weighted by Crippen LogP contribution is -2.14. The summed E-state index contributed by atoms with van der Waals surface area (Å²) in [7, 11) is 0. The highest BCUT2D eigenvalue weighted by molar-refractivity contribution is 5.37. The van der Waals surface area contributed by atoms with E-state index in [1.807, 2.05) is 5.57 Å². The molecule has 3 rings (SSSR count). The zero-order valence-electron chi connectivity index (χ0n) is 11.1. The van der Waals surface area contributed by atoms with E-state index < -0.39 is 0 Å². The van der Waals surface area contributed by atoms with Gasteiger partial charge in [-0.25, -0.2) is 0 Å². The molecule has 0 aromatic heterocycles. The first-order valence-electron chi connectivity index (χ1n) is 7.84. The van der Waals surface area contributed by atoms with E-state index in [0.29, 0.717) is 0 Å². The summed E-state index contributed by atoms with van der Waals surface area (Å²) in [6, 6.07) is 0. The lowest BCUT2D eigenvalue weighted by atomic mass is 9.77. The van der Waals surface area contributed by atoms with E-state index in [4.69, 9.17) is 0 Å². The molecule has 94 valence electrons. The van der Waals surface area contributed by atoms with Crippen LogP contribution in [-0.2, 0) is 0 Å². The second-order valence-corrected chi connectivity index (χ2v) is 6.26. The third-order valence-electron chi connectivity index (χ3n) is 5.15. The van der Waals surface area contributed by atoms with E-state index >= 15 is 0 Å².